The highest BCUT2D eigenvalue weighted by molar-refractivity contribution is 9.10. The predicted octanol–water partition coefficient (Wildman–Crippen LogP) is 5.00. The molecular formula is C18H19BrN2O. The molecule has 1 fully saturated rings. The summed E-state index contributed by atoms with van der Waals surface area (Å²) in [5, 5.41) is 0. The average molecular weight is 359 g/mol. The molecule has 2 aromatic rings. The first-order chi connectivity index (χ1) is 10.8. The van der Waals surface area contributed by atoms with Crippen LogP contribution < -0.4 is 4.74 Å². The number of pyridine rings is 1. The first-order valence-corrected chi connectivity index (χ1v) is 8.54. The second-order valence-corrected chi connectivity index (χ2v) is 6.30. The fourth-order valence-corrected chi connectivity index (χ4v) is 2.99. The number of aliphatic imine (C=N–C) groups is 1. The van der Waals surface area contributed by atoms with Crippen LogP contribution in [0.1, 0.15) is 37.8 Å². The molecule has 0 radical (unpaired) electrons. The minimum atomic E-state index is 0.341. The van der Waals surface area contributed by atoms with Crippen LogP contribution in [0.3, 0.4) is 0 Å². The van der Waals surface area contributed by atoms with Crippen molar-refractivity contribution in [3.05, 3.63) is 58.8 Å². The van der Waals surface area contributed by atoms with Crippen LogP contribution in [0.5, 0.6) is 5.75 Å². The quantitative estimate of drug-likeness (QED) is 0.439. The Morgan fingerprint density at radius 1 is 1.00 bits per heavy atom. The van der Waals surface area contributed by atoms with Crippen molar-refractivity contribution >= 4 is 21.8 Å². The van der Waals surface area contributed by atoms with Gasteiger partial charge in [-0.1, -0.05) is 43.5 Å². The lowest BCUT2D eigenvalue weighted by Gasteiger charge is -2.19. The molecule has 1 aliphatic carbocycles. The molecule has 22 heavy (non-hydrogen) atoms. The number of halogens is 1. The standard InChI is InChI=1S/C18H19BrN2O/c19-17-13-7-12-16(21-17)18(20-14-8-3-1-4-9-14)22-15-10-5-2-6-11-15/h2,5-7,10-14H,1,3-4,8-9H2. The Balaban J connectivity index is 1.89. The van der Waals surface area contributed by atoms with E-state index in [1.165, 1.54) is 19.3 Å². The maximum Gasteiger partial charge on any atom is 0.241 e. The number of ether oxygens (including phenoxy) is 1. The molecule has 0 amide bonds. The Labute approximate surface area is 139 Å². The van der Waals surface area contributed by atoms with Gasteiger partial charge in [-0.15, -0.1) is 0 Å². The summed E-state index contributed by atoms with van der Waals surface area (Å²) in [7, 11) is 0. The average Bonchev–Trinajstić information content (AvgIpc) is 2.56. The second kappa shape index (κ2) is 7.54. The first kappa shape index (κ1) is 15.2. The van der Waals surface area contributed by atoms with Gasteiger partial charge in [-0.25, -0.2) is 9.98 Å². The Bertz CT molecular complexity index is 637. The van der Waals surface area contributed by atoms with E-state index in [0.717, 1.165) is 28.9 Å². The second-order valence-electron chi connectivity index (χ2n) is 5.49. The van der Waals surface area contributed by atoms with E-state index in [1.807, 2.05) is 48.5 Å². The summed E-state index contributed by atoms with van der Waals surface area (Å²) in [6, 6.07) is 15.9. The van der Waals surface area contributed by atoms with Gasteiger partial charge in [-0.3, -0.25) is 0 Å². The first-order valence-electron chi connectivity index (χ1n) is 7.75. The summed E-state index contributed by atoms with van der Waals surface area (Å²) in [5.74, 6) is 1.40. The smallest absolute Gasteiger partial charge is 0.241 e. The van der Waals surface area contributed by atoms with Crippen molar-refractivity contribution < 1.29 is 4.74 Å². The highest BCUT2D eigenvalue weighted by atomic mass is 79.9. The van der Waals surface area contributed by atoms with Crippen LogP contribution in [-0.4, -0.2) is 16.9 Å². The van der Waals surface area contributed by atoms with Crippen molar-refractivity contribution in [1.82, 2.24) is 4.98 Å². The molecular weight excluding hydrogens is 340 g/mol. The zero-order chi connectivity index (χ0) is 15.2. The van der Waals surface area contributed by atoms with Gasteiger partial charge in [0.25, 0.3) is 0 Å². The number of benzene rings is 1. The van der Waals surface area contributed by atoms with Crippen molar-refractivity contribution in [1.29, 1.82) is 0 Å². The van der Waals surface area contributed by atoms with Gasteiger partial charge in [-0.05, 0) is 53.0 Å². The van der Waals surface area contributed by atoms with E-state index in [-0.39, 0.29) is 0 Å². The van der Waals surface area contributed by atoms with E-state index in [0.29, 0.717) is 11.9 Å². The number of nitrogens with zero attached hydrogens (tertiary/aromatic N) is 2. The van der Waals surface area contributed by atoms with E-state index in [1.54, 1.807) is 0 Å². The molecule has 3 rings (SSSR count). The van der Waals surface area contributed by atoms with Crippen LogP contribution in [0, 0.1) is 0 Å². The molecule has 1 heterocycles. The number of para-hydroxylation sites is 1. The van der Waals surface area contributed by atoms with E-state index in [9.17, 15) is 0 Å². The van der Waals surface area contributed by atoms with Crippen molar-refractivity contribution in [2.75, 3.05) is 0 Å². The Morgan fingerprint density at radius 3 is 2.50 bits per heavy atom. The summed E-state index contributed by atoms with van der Waals surface area (Å²) in [6.45, 7) is 0. The van der Waals surface area contributed by atoms with Crippen molar-refractivity contribution in [3.63, 3.8) is 0 Å². The van der Waals surface area contributed by atoms with E-state index in [4.69, 9.17) is 9.73 Å². The Hall–Kier alpha value is -1.68. The van der Waals surface area contributed by atoms with Crippen molar-refractivity contribution in [2.24, 2.45) is 4.99 Å². The molecule has 0 spiro atoms. The summed E-state index contributed by atoms with van der Waals surface area (Å²) >= 11 is 3.42. The molecule has 114 valence electrons. The zero-order valence-electron chi connectivity index (χ0n) is 12.4. The SMILES string of the molecule is Brc1cccc(C(=NC2CCCCC2)Oc2ccccc2)n1. The molecule has 0 saturated heterocycles. The predicted molar refractivity (Wildman–Crippen MR) is 92.4 cm³/mol. The summed E-state index contributed by atoms with van der Waals surface area (Å²) in [6.07, 6.45) is 6.08. The van der Waals surface area contributed by atoms with Crippen LogP contribution in [0.2, 0.25) is 0 Å². The molecule has 0 aliphatic heterocycles. The van der Waals surface area contributed by atoms with Gasteiger partial charge in [0.05, 0.1) is 6.04 Å². The molecule has 1 aromatic carbocycles. The molecule has 0 unspecified atom stereocenters. The van der Waals surface area contributed by atoms with Gasteiger partial charge in [0.2, 0.25) is 5.90 Å². The van der Waals surface area contributed by atoms with Crippen molar-refractivity contribution in [3.8, 4) is 5.75 Å². The molecule has 0 atom stereocenters. The fraction of sp³-hybridized carbons (Fsp3) is 0.333. The minimum Gasteiger partial charge on any atom is -0.437 e. The van der Waals surface area contributed by atoms with E-state index < -0.39 is 0 Å². The summed E-state index contributed by atoms with van der Waals surface area (Å²) in [4.78, 5) is 9.35. The molecule has 0 bridgehead atoms. The third kappa shape index (κ3) is 4.17. The van der Waals surface area contributed by atoms with Crippen LogP contribution in [0.25, 0.3) is 0 Å². The third-order valence-corrected chi connectivity index (χ3v) is 4.21. The lowest BCUT2D eigenvalue weighted by molar-refractivity contribution is 0.432. The number of hydrogen-bond donors (Lipinski definition) is 0. The summed E-state index contributed by atoms with van der Waals surface area (Å²) < 4.78 is 6.81. The third-order valence-electron chi connectivity index (χ3n) is 3.77. The Kier molecular flexibility index (Phi) is 5.22. The van der Waals surface area contributed by atoms with Gasteiger partial charge in [0, 0.05) is 0 Å². The maximum atomic E-state index is 6.02. The van der Waals surface area contributed by atoms with E-state index >= 15 is 0 Å². The minimum absolute atomic E-state index is 0.341. The highest BCUT2D eigenvalue weighted by Crippen LogP contribution is 2.22. The highest BCUT2D eigenvalue weighted by Gasteiger charge is 2.16. The van der Waals surface area contributed by atoms with Gasteiger partial charge >= 0.3 is 0 Å². The molecule has 3 nitrogen and oxygen atoms in total. The largest absolute Gasteiger partial charge is 0.437 e. The monoisotopic (exact) mass is 358 g/mol. The maximum absolute atomic E-state index is 6.02. The zero-order valence-corrected chi connectivity index (χ0v) is 14.0. The van der Waals surface area contributed by atoms with Gasteiger partial charge in [-0.2, -0.15) is 0 Å². The van der Waals surface area contributed by atoms with Crippen LogP contribution in [0.15, 0.2) is 58.1 Å². The normalized spacial score (nSPS) is 16.5. The fourth-order valence-electron chi connectivity index (χ4n) is 2.65. The summed E-state index contributed by atoms with van der Waals surface area (Å²) in [5.41, 5.74) is 0.767. The Morgan fingerprint density at radius 2 is 1.77 bits per heavy atom. The lowest BCUT2D eigenvalue weighted by atomic mass is 9.96. The van der Waals surface area contributed by atoms with Gasteiger partial charge in [0.1, 0.15) is 16.0 Å². The van der Waals surface area contributed by atoms with Crippen LogP contribution in [0.4, 0.5) is 0 Å². The van der Waals surface area contributed by atoms with E-state index in [2.05, 4.69) is 20.9 Å². The molecule has 1 aromatic heterocycles. The molecule has 4 heteroatoms. The number of rotatable bonds is 3. The van der Waals surface area contributed by atoms with Gasteiger partial charge < -0.3 is 4.74 Å². The topological polar surface area (TPSA) is 34.5 Å². The lowest BCUT2D eigenvalue weighted by Crippen LogP contribution is -2.19. The number of aromatic nitrogens is 1. The molecule has 0 N–H and O–H groups in total. The van der Waals surface area contributed by atoms with Crippen molar-refractivity contribution in [2.45, 2.75) is 38.1 Å². The van der Waals surface area contributed by atoms with Gasteiger partial charge in [0.15, 0.2) is 0 Å². The number of hydrogen-bond acceptors (Lipinski definition) is 3. The molecule has 1 saturated carbocycles. The van der Waals surface area contributed by atoms with Crippen LogP contribution in [-0.2, 0) is 0 Å². The molecule has 1 aliphatic rings. The van der Waals surface area contributed by atoms with Crippen LogP contribution >= 0.6 is 15.9 Å².